The van der Waals surface area contributed by atoms with Crippen LogP contribution in [0.1, 0.15) is 20.8 Å². The first-order chi connectivity index (χ1) is 11.2. The SMILES string of the molecule is CC=CC(=CC)C(=CC)P(=S)(c1ccccc1)c1ccccc1. The van der Waals surface area contributed by atoms with Crippen molar-refractivity contribution in [3.63, 3.8) is 0 Å². The number of benzene rings is 2. The summed E-state index contributed by atoms with van der Waals surface area (Å²) >= 11 is 6.38. The van der Waals surface area contributed by atoms with Gasteiger partial charge in [-0.3, -0.25) is 0 Å². The molecule has 0 saturated heterocycles. The summed E-state index contributed by atoms with van der Waals surface area (Å²) in [5, 5.41) is 3.72. The monoisotopic (exact) mass is 338 g/mol. The Morgan fingerprint density at radius 1 is 0.783 bits per heavy atom. The topological polar surface area (TPSA) is 0 Å². The van der Waals surface area contributed by atoms with Gasteiger partial charge in [0.15, 0.2) is 0 Å². The minimum absolute atomic E-state index is 1.21. The van der Waals surface area contributed by atoms with E-state index in [-0.39, 0.29) is 0 Å². The highest BCUT2D eigenvalue weighted by atomic mass is 32.4. The molecule has 0 aliphatic heterocycles. The van der Waals surface area contributed by atoms with Crippen molar-refractivity contribution in [2.75, 3.05) is 0 Å². The fourth-order valence-electron chi connectivity index (χ4n) is 2.74. The molecule has 0 saturated carbocycles. The largest absolute Gasteiger partial charge is 0.0871 e. The van der Waals surface area contributed by atoms with Crippen LogP contribution in [0, 0.1) is 0 Å². The van der Waals surface area contributed by atoms with E-state index in [1.54, 1.807) is 0 Å². The van der Waals surface area contributed by atoms with Crippen LogP contribution >= 0.6 is 6.04 Å². The summed E-state index contributed by atoms with van der Waals surface area (Å²) in [4.78, 5) is 0. The Labute approximate surface area is 145 Å². The molecule has 0 spiro atoms. The van der Waals surface area contributed by atoms with Gasteiger partial charge in [-0.25, -0.2) is 0 Å². The average molecular weight is 338 g/mol. The molecule has 0 fully saturated rings. The zero-order valence-electron chi connectivity index (χ0n) is 13.9. The van der Waals surface area contributed by atoms with Gasteiger partial charge < -0.3 is 0 Å². The minimum atomic E-state index is -2.06. The van der Waals surface area contributed by atoms with Gasteiger partial charge in [-0.05, 0) is 42.3 Å². The van der Waals surface area contributed by atoms with Crippen molar-refractivity contribution in [1.29, 1.82) is 0 Å². The highest BCUT2D eigenvalue weighted by Gasteiger charge is 2.27. The molecule has 118 valence electrons. The first kappa shape index (κ1) is 17.7. The molecule has 0 aliphatic rings. The summed E-state index contributed by atoms with van der Waals surface area (Å²) in [7, 11) is 0. The standard InChI is InChI=1S/C21H23PS/c1-4-13-18(5-2)21(6-3)22(23,19-14-9-7-10-15-19)20-16-11-8-12-17-20/h4-17H,1-3H3. The summed E-state index contributed by atoms with van der Waals surface area (Å²) in [5.74, 6) is 0. The Morgan fingerprint density at radius 2 is 1.26 bits per heavy atom. The molecular formula is C21H23PS. The van der Waals surface area contributed by atoms with Crippen LogP contribution < -0.4 is 10.6 Å². The smallest absolute Gasteiger partial charge is 0.0381 e. The molecule has 2 heteroatoms. The molecule has 0 N–H and O–H groups in total. The van der Waals surface area contributed by atoms with Crippen LogP contribution in [-0.4, -0.2) is 0 Å². The van der Waals surface area contributed by atoms with E-state index < -0.39 is 6.04 Å². The maximum Gasteiger partial charge on any atom is 0.0381 e. The van der Waals surface area contributed by atoms with Gasteiger partial charge in [-0.1, -0.05) is 96.8 Å². The molecule has 2 rings (SSSR count). The number of hydrogen-bond donors (Lipinski definition) is 0. The average Bonchev–Trinajstić information content (AvgIpc) is 2.62. The van der Waals surface area contributed by atoms with E-state index in [4.69, 9.17) is 11.8 Å². The Bertz CT molecular complexity index is 725. The van der Waals surface area contributed by atoms with Crippen molar-refractivity contribution in [3.05, 3.63) is 95.9 Å². The Morgan fingerprint density at radius 3 is 1.61 bits per heavy atom. The van der Waals surface area contributed by atoms with Crippen molar-refractivity contribution in [2.45, 2.75) is 20.8 Å². The molecule has 0 radical (unpaired) electrons. The quantitative estimate of drug-likeness (QED) is 0.509. The molecule has 0 aromatic heterocycles. The van der Waals surface area contributed by atoms with Gasteiger partial charge in [0.1, 0.15) is 0 Å². The second-order valence-corrected chi connectivity index (χ2v) is 9.57. The Kier molecular flexibility index (Phi) is 6.33. The Balaban J connectivity index is 2.76. The van der Waals surface area contributed by atoms with Crippen molar-refractivity contribution >= 4 is 28.5 Å². The summed E-state index contributed by atoms with van der Waals surface area (Å²) in [6, 6.07) is 19.0. The van der Waals surface area contributed by atoms with E-state index in [2.05, 4.69) is 86.7 Å². The fraction of sp³-hybridized carbons (Fsp3) is 0.143. The van der Waals surface area contributed by atoms with E-state index in [1.165, 1.54) is 21.5 Å². The van der Waals surface area contributed by atoms with Crippen molar-refractivity contribution < 1.29 is 0 Å². The van der Waals surface area contributed by atoms with Crippen LogP contribution in [0.25, 0.3) is 0 Å². The molecule has 0 aliphatic carbocycles. The maximum absolute atomic E-state index is 6.38. The molecule has 0 heterocycles. The maximum atomic E-state index is 6.38. The van der Waals surface area contributed by atoms with Crippen LogP contribution in [0.15, 0.2) is 95.9 Å². The van der Waals surface area contributed by atoms with Gasteiger partial charge in [0.25, 0.3) is 0 Å². The normalized spacial score (nSPS) is 13.5. The van der Waals surface area contributed by atoms with Crippen LogP contribution in [0.2, 0.25) is 0 Å². The van der Waals surface area contributed by atoms with Gasteiger partial charge in [-0.15, -0.1) is 0 Å². The lowest BCUT2D eigenvalue weighted by molar-refractivity contribution is 1.52. The lowest BCUT2D eigenvalue weighted by Gasteiger charge is -2.27. The molecule has 2 aromatic rings. The summed E-state index contributed by atoms with van der Waals surface area (Å²) in [5.41, 5.74) is 1.21. The number of hydrogen-bond acceptors (Lipinski definition) is 1. The van der Waals surface area contributed by atoms with E-state index in [9.17, 15) is 0 Å². The highest BCUT2D eigenvalue weighted by Crippen LogP contribution is 2.55. The third-order valence-corrected chi connectivity index (χ3v) is 8.91. The molecule has 23 heavy (non-hydrogen) atoms. The van der Waals surface area contributed by atoms with Gasteiger partial charge in [0.2, 0.25) is 0 Å². The Hall–Kier alpha value is -1.69. The minimum Gasteiger partial charge on any atom is -0.0871 e. The van der Waals surface area contributed by atoms with Crippen molar-refractivity contribution in [3.8, 4) is 0 Å². The first-order valence-corrected chi connectivity index (χ1v) is 10.7. The van der Waals surface area contributed by atoms with Crippen molar-refractivity contribution in [2.24, 2.45) is 0 Å². The molecular weight excluding hydrogens is 315 g/mol. The van der Waals surface area contributed by atoms with E-state index in [0.717, 1.165) is 0 Å². The first-order valence-electron chi connectivity index (χ1n) is 7.86. The van der Waals surface area contributed by atoms with Crippen molar-refractivity contribution in [1.82, 2.24) is 0 Å². The zero-order valence-corrected chi connectivity index (χ0v) is 15.6. The van der Waals surface area contributed by atoms with Crippen LogP contribution in [-0.2, 0) is 11.8 Å². The molecule has 0 amide bonds. The number of rotatable bonds is 5. The van der Waals surface area contributed by atoms with Crippen LogP contribution in [0.3, 0.4) is 0 Å². The van der Waals surface area contributed by atoms with Gasteiger partial charge in [-0.2, -0.15) is 0 Å². The zero-order chi connectivity index (χ0) is 16.7. The predicted molar refractivity (Wildman–Crippen MR) is 109 cm³/mol. The number of allylic oxidation sites excluding steroid dienone is 6. The predicted octanol–water partition coefficient (Wildman–Crippen LogP) is 5.54. The molecule has 2 aromatic carbocycles. The second-order valence-electron chi connectivity index (χ2n) is 5.20. The van der Waals surface area contributed by atoms with Crippen LogP contribution in [0.4, 0.5) is 0 Å². The van der Waals surface area contributed by atoms with E-state index in [1.807, 2.05) is 19.1 Å². The van der Waals surface area contributed by atoms with E-state index >= 15 is 0 Å². The lowest BCUT2D eigenvalue weighted by atomic mass is 10.2. The lowest BCUT2D eigenvalue weighted by Crippen LogP contribution is -2.17. The van der Waals surface area contributed by atoms with E-state index in [0.29, 0.717) is 0 Å². The summed E-state index contributed by atoms with van der Waals surface area (Å²) < 4.78 is 0. The molecule has 0 unspecified atom stereocenters. The van der Waals surface area contributed by atoms with Gasteiger partial charge >= 0.3 is 0 Å². The third kappa shape index (κ3) is 3.63. The highest BCUT2D eigenvalue weighted by molar-refractivity contribution is 8.24. The van der Waals surface area contributed by atoms with Crippen LogP contribution in [0.5, 0.6) is 0 Å². The third-order valence-electron chi connectivity index (χ3n) is 3.81. The fourth-order valence-corrected chi connectivity index (χ4v) is 7.07. The summed E-state index contributed by atoms with van der Waals surface area (Å²) in [6.07, 6.45) is 8.58. The summed E-state index contributed by atoms with van der Waals surface area (Å²) in [6.45, 7) is 6.22. The molecule has 0 bridgehead atoms. The molecule has 0 atom stereocenters. The van der Waals surface area contributed by atoms with Gasteiger partial charge in [0, 0.05) is 6.04 Å². The second kappa shape index (κ2) is 8.24. The molecule has 0 nitrogen and oxygen atoms in total. The van der Waals surface area contributed by atoms with Gasteiger partial charge in [0.05, 0.1) is 0 Å².